The molecule has 3 aromatic rings. The van der Waals surface area contributed by atoms with E-state index in [1.165, 1.54) is 0 Å². The third kappa shape index (κ3) is 8.27. The number of imide groups is 1. The van der Waals surface area contributed by atoms with Crippen molar-refractivity contribution in [3.05, 3.63) is 70.9 Å². The molecule has 0 aliphatic carbocycles. The van der Waals surface area contributed by atoms with Gasteiger partial charge in [-0.15, -0.1) is 10.2 Å². The Labute approximate surface area is 333 Å². The summed E-state index contributed by atoms with van der Waals surface area (Å²) in [4.78, 5) is 48.8. The maximum Gasteiger partial charge on any atom is 0.274 e. The number of amides is 3. The first-order chi connectivity index (χ1) is 27.1. The van der Waals surface area contributed by atoms with Crippen molar-refractivity contribution >= 4 is 52.2 Å². The molecule has 294 valence electrons. The highest BCUT2D eigenvalue weighted by Gasteiger charge is 2.44. The predicted octanol–water partition coefficient (Wildman–Crippen LogP) is 4.78. The van der Waals surface area contributed by atoms with Crippen molar-refractivity contribution in [2.24, 2.45) is 11.3 Å². The Morgan fingerprint density at radius 2 is 1.71 bits per heavy atom. The van der Waals surface area contributed by atoms with Crippen molar-refractivity contribution in [1.82, 2.24) is 25.3 Å². The van der Waals surface area contributed by atoms with E-state index in [2.05, 4.69) is 65.6 Å². The second kappa shape index (κ2) is 16.3. The van der Waals surface area contributed by atoms with Crippen molar-refractivity contribution in [2.75, 3.05) is 85.5 Å². The molecule has 8 rings (SSSR count). The van der Waals surface area contributed by atoms with Crippen molar-refractivity contribution in [2.45, 2.75) is 64.0 Å². The molecule has 5 aliphatic rings. The van der Waals surface area contributed by atoms with Crippen LogP contribution in [-0.2, 0) is 9.59 Å². The zero-order chi connectivity index (χ0) is 38.8. The monoisotopic (exact) mass is 778 g/mol. The fraction of sp³-hybridized carbons (Fsp3) is 0.524. The van der Waals surface area contributed by atoms with Gasteiger partial charge >= 0.3 is 0 Å². The van der Waals surface area contributed by atoms with Gasteiger partial charge in [0.2, 0.25) is 11.8 Å². The number of nitrogens with one attached hydrogen (secondary N) is 2. The number of benzene rings is 2. The number of carbonyl (C=O) groups is 3. The van der Waals surface area contributed by atoms with Crippen LogP contribution in [0.25, 0.3) is 0 Å². The summed E-state index contributed by atoms with van der Waals surface area (Å²) < 4.78 is 0. The zero-order valence-electron chi connectivity index (χ0n) is 32.1. The van der Waals surface area contributed by atoms with Gasteiger partial charge in [-0.1, -0.05) is 17.7 Å². The molecule has 1 spiro atoms. The molecule has 2 aromatic carbocycles. The molecule has 0 saturated carbocycles. The van der Waals surface area contributed by atoms with Crippen LogP contribution < -0.4 is 25.3 Å². The van der Waals surface area contributed by atoms with Gasteiger partial charge < -0.3 is 24.9 Å². The third-order valence-corrected chi connectivity index (χ3v) is 13.1. The normalized spacial score (nSPS) is 23.3. The molecule has 14 heteroatoms. The Kier molecular flexibility index (Phi) is 11.0. The number of hydrogen-bond donors (Lipinski definition) is 2. The molecule has 13 nitrogen and oxygen atoms in total. The molecule has 3 amide bonds. The maximum atomic E-state index is 13.5. The second-order valence-electron chi connectivity index (χ2n) is 16.4. The van der Waals surface area contributed by atoms with E-state index in [0.717, 1.165) is 120 Å². The molecule has 1 unspecified atom stereocenters. The molecule has 0 bridgehead atoms. The SMILES string of the molecule is C[C@H]1CC2(CCN(c3ccc(C(=O)N4CCC(CN5CCN(c6cccc(NC7CCC(=O)NC7=O)c6)CC5)CC4)nn3)CC2)CN1c1ccc(C#N)c(Cl)c1. The fourth-order valence-corrected chi connectivity index (χ4v) is 9.69. The smallest absolute Gasteiger partial charge is 0.274 e. The average Bonchev–Trinajstić information content (AvgIpc) is 3.54. The summed E-state index contributed by atoms with van der Waals surface area (Å²) in [6.45, 7) is 11.4. The fourth-order valence-electron chi connectivity index (χ4n) is 9.48. The number of nitrogens with zero attached hydrogens (tertiary/aromatic N) is 8. The molecule has 5 fully saturated rings. The van der Waals surface area contributed by atoms with Gasteiger partial charge in [0.25, 0.3) is 5.91 Å². The number of aromatic nitrogens is 2. The van der Waals surface area contributed by atoms with Gasteiger partial charge in [0, 0.05) is 95.0 Å². The number of rotatable bonds is 8. The Morgan fingerprint density at radius 3 is 2.41 bits per heavy atom. The summed E-state index contributed by atoms with van der Waals surface area (Å²) in [6.07, 6.45) is 6.06. The van der Waals surface area contributed by atoms with Crippen LogP contribution in [0.1, 0.15) is 67.9 Å². The Bertz CT molecular complexity index is 1960. The standard InChI is InChI=1S/C42H51ClN10O3/c1-29-25-42(28-53(29)34-6-5-31(26-44)35(43)24-34)13-17-51(18-14-42)38-9-7-37(47-48-38)41(56)52-15-11-30(12-16-52)27-49-19-21-50(22-20-49)33-4-2-3-32(23-33)45-36-8-10-39(54)46-40(36)55/h2-7,9,23-24,29-30,36,45H,8,10-22,25,27-28H2,1H3,(H,46,54,55)/t29-,36?/m0/s1. The van der Waals surface area contributed by atoms with E-state index in [0.29, 0.717) is 41.1 Å². The van der Waals surface area contributed by atoms with E-state index in [-0.39, 0.29) is 23.1 Å². The lowest BCUT2D eigenvalue weighted by molar-refractivity contribution is -0.133. The first kappa shape index (κ1) is 38.0. The van der Waals surface area contributed by atoms with Gasteiger partial charge in [0.05, 0.1) is 10.6 Å². The van der Waals surface area contributed by atoms with Gasteiger partial charge in [-0.3, -0.25) is 24.6 Å². The lowest BCUT2D eigenvalue weighted by Gasteiger charge is -2.40. The Morgan fingerprint density at radius 1 is 0.929 bits per heavy atom. The van der Waals surface area contributed by atoms with E-state index in [1.54, 1.807) is 0 Å². The largest absolute Gasteiger partial charge is 0.374 e. The minimum Gasteiger partial charge on any atom is -0.374 e. The number of likely N-dealkylation sites (tertiary alicyclic amines) is 1. The number of anilines is 4. The first-order valence-electron chi connectivity index (χ1n) is 20.2. The molecule has 0 radical (unpaired) electrons. The highest BCUT2D eigenvalue weighted by atomic mass is 35.5. The van der Waals surface area contributed by atoms with Crippen molar-refractivity contribution < 1.29 is 14.4 Å². The molecular weight excluding hydrogens is 728 g/mol. The summed E-state index contributed by atoms with van der Waals surface area (Å²) in [5.41, 5.74) is 4.24. The summed E-state index contributed by atoms with van der Waals surface area (Å²) in [7, 11) is 0. The first-order valence-corrected chi connectivity index (χ1v) is 20.5. The maximum absolute atomic E-state index is 13.5. The number of piperidine rings is 3. The van der Waals surface area contributed by atoms with Crippen molar-refractivity contribution in [3.63, 3.8) is 0 Å². The minimum absolute atomic E-state index is 0.0361. The lowest BCUT2D eigenvalue weighted by atomic mass is 9.77. The third-order valence-electron chi connectivity index (χ3n) is 12.8. The van der Waals surface area contributed by atoms with E-state index in [9.17, 15) is 19.6 Å². The highest BCUT2D eigenvalue weighted by Crippen LogP contribution is 2.45. The van der Waals surface area contributed by atoms with Crippen molar-refractivity contribution in [1.29, 1.82) is 5.26 Å². The summed E-state index contributed by atoms with van der Waals surface area (Å²) in [5.74, 6) is 0.875. The Hall–Kier alpha value is -4.93. The van der Waals surface area contributed by atoms with Gasteiger partial charge in [-0.25, -0.2) is 0 Å². The lowest BCUT2D eigenvalue weighted by Crippen LogP contribution is -2.49. The Balaban J connectivity index is 0.762. The van der Waals surface area contributed by atoms with Crippen LogP contribution in [0.2, 0.25) is 5.02 Å². The molecule has 6 heterocycles. The molecule has 2 atom stereocenters. The average molecular weight is 779 g/mol. The summed E-state index contributed by atoms with van der Waals surface area (Å²) in [5, 5.41) is 24.4. The van der Waals surface area contributed by atoms with Gasteiger partial charge in [-0.2, -0.15) is 5.26 Å². The van der Waals surface area contributed by atoms with Crippen molar-refractivity contribution in [3.8, 4) is 6.07 Å². The number of nitriles is 1. The van der Waals surface area contributed by atoms with Gasteiger partial charge in [0.15, 0.2) is 11.5 Å². The molecule has 1 aromatic heterocycles. The highest BCUT2D eigenvalue weighted by molar-refractivity contribution is 6.32. The van der Waals surface area contributed by atoms with Crippen LogP contribution in [0.3, 0.4) is 0 Å². The van der Waals surface area contributed by atoms with Crippen LogP contribution in [0, 0.1) is 22.7 Å². The predicted molar refractivity (Wildman–Crippen MR) is 217 cm³/mol. The molecule has 5 saturated heterocycles. The summed E-state index contributed by atoms with van der Waals surface area (Å²) >= 11 is 6.37. The molecule has 56 heavy (non-hydrogen) atoms. The number of halogens is 1. The van der Waals surface area contributed by atoms with Crippen LogP contribution in [0.15, 0.2) is 54.6 Å². The van der Waals surface area contributed by atoms with E-state index in [4.69, 9.17) is 11.6 Å². The quantitative estimate of drug-likeness (QED) is 0.306. The minimum atomic E-state index is -0.396. The summed E-state index contributed by atoms with van der Waals surface area (Å²) in [6, 6.07) is 19.9. The van der Waals surface area contributed by atoms with E-state index < -0.39 is 6.04 Å². The van der Waals surface area contributed by atoms with E-state index in [1.807, 2.05) is 47.4 Å². The molecule has 5 aliphatic heterocycles. The second-order valence-corrected chi connectivity index (χ2v) is 16.8. The van der Waals surface area contributed by atoms with Gasteiger partial charge in [0.1, 0.15) is 12.1 Å². The van der Waals surface area contributed by atoms with Crippen LogP contribution in [0.4, 0.5) is 22.9 Å². The topological polar surface area (TPSA) is 141 Å². The van der Waals surface area contributed by atoms with Crippen LogP contribution >= 0.6 is 11.6 Å². The molecule has 2 N–H and O–H groups in total. The van der Waals surface area contributed by atoms with Crippen LogP contribution in [-0.4, -0.2) is 115 Å². The molecular formula is C42H51ClN10O3. The number of carbonyl (C=O) groups excluding carboxylic acids is 3. The number of piperazine rings is 1. The van der Waals surface area contributed by atoms with Crippen LogP contribution in [0.5, 0.6) is 0 Å². The van der Waals surface area contributed by atoms with E-state index >= 15 is 0 Å². The zero-order valence-corrected chi connectivity index (χ0v) is 32.9. The van der Waals surface area contributed by atoms with Gasteiger partial charge in [-0.05, 0) is 105 Å². The number of hydrogen-bond acceptors (Lipinski definition) is 11.